The molecular weight excluding hydrogens is 443 g/mol. The quantitative estimate of drug-likeness (QED) is 0.219. The van der Waals surface area contributed by atoms with Gasteiger partial charge in [0.05, 0.1) is 5.56 Å². The number of guanidine groups is 1. The van der Waals surface area contributed by atoms with Gasteiger partial charge in [-0.2, -0.15) is 0 Å². The first-order chi connectivity index (χ1) is 12.0. The standard InChI is InChI=1S/C18H32N6O.HI/c1-14(2)24(15(3)4)12-11-23-18(19-5)22-10-9-21-17(25)16-7-6-8-20-13-16;/h6-8,13-15H,9-12H2,1-5H3,(H,21,25)(H2,19,22,23);1H. The Hall–Kier alpha value is -1.42. The van der Waals surface area contributed by atoms with Crippen LogP contribution in [0, 0.1) is 0 Å². The molecule has 0 atom stereocenters. The number of nitrogens with zero attached hydrogens (tertiary/aromatic N) is 3. The van der Waals surface area contributed by atoms with Crippen molar-refractivity contribution in [1.29, 1.82) is 0 Å². The van der Waals surface area contributed by atoms with Crippen molar-refractivity contribution in [3.63, 3.8) is 0 Å². The summed E-state index contributed by atoms with van der Waals surface area (Å²) in [5.41, 5.74) is 0.562. The number of hydrogen-bond donors (Lipinski definition) is 3. The molecule has 1 aromatic rings. The van der Waals surface area contributed by atoms with Gasteiger partial charge in [0.2, 0.25) is 0 Å². The minimum atomic E-state index is -0.123. The minimum Gasteiger partial charge on any atom is -0.355 e. The van der Waals surface area contributed by atoms with Gasteiger partial charge in [0.15, 0.2) is 5.96 Å². The van der Waals surface area contributed by atoms with E-state index in [0.29, 0.717) is 30.7 Å². The lowest BCUT2D eigenvalue weighted by Crippen LogP contribution is -2.46. The van der Waals surface area contributed by atoms with Crippen LogP contribution in [0.4, 0.5) is 0 Å². The molecule has 0 radical (unpaired) electrons. The fourth-order valence-electron chi connectivity index (χ4n) is 2.59. The Morgan fingerprint density at radius 2 is 1.73 bits per heavy atom. The second kappa shape index (κ2) is 13.7. The molecule has 0 saturated carbocycles. The molecule has 0 unspecified atom stereocenters. The summed E-state index contributed by atoms with van der Waals surface area (Å²) in [4.78, 5) is 22.5. The van der Waals surface area contributed by atoms with Crippen LogP contribution in [0.15, 0.2) is 29.5 Å². The van der Waals surface area contributed by atoms with Gasteiger partial charge in [0.1, 0.15) is 0 Å². The lowest BCUT2D eigenvalue weighted by atomic mass is 10.2. The fraction of sp³-hybridized carbons (Fsp3) is 0.611. The number of carbonyl (C=O) groups is 1. The van der Waals surface area contributed by atoms with Gasteiger partial charge in [-0.05, 0) is 39.8 Å². The first kappa shape index (κ1) is 24.6. The summed E-state index contributed by atoms with van der Waals surface area (Å²) in [5.74, 6) is 0.616. The zero-order chi connectivity index (χ0) is 18.7. The van der Waals surface area contributed by atoms with Crippen molar-refractivity contribution in [3.05, 3.63) is 30.1 Å². The molecule has 1 aromatic heterocycles. The van der Waals surface area contributed by atoms with Crippen LogP contribution in [0.2, 0.25) is 0 Å². The first-order valence-corrected chi connectivity index (χ1v) is 8.84. The molecule has 0 spiro atoms. The summed E-state index contributed by atoms with van der Waals surface area (Å²) in [6.07, 6.45) is 3.20. The zero-order valence-corrected chi connectivity index (χ0v) is 18.8. The molecule has 0 aromatic carbocycles. The van der Waals surface area contributed by atoms with Crippen molar-refractivity contribution in [2.45, 2.75) is 39.8 Å². The lowest BCUT2D eigenvalue weighted by molar-refractivity contribution is 0.0954. The predicted molar refractivity (Wildman–Crippen MR) is 118 cm³/mol. The van der Waals surface area contributed by atoms with E-state index in [1.807, 2.05) is 0 Å². The normalized spacial score (nSPS) is 11.5. The third-order valence-electron chi connectivity index (χ3n) is 3.84. The van der Waals surface area contributed by atoms with Gasteiger partial charge < -0.3 is 16.0 Å². The summed E-state index contributed by atoms with van der Waals surface area (Å²) in [7, 11) is 1.74. The average molecular weight is 476 g/mol. The Balaban J connectivity index is 0.00000625. The van der Waals surface area contributed by atoms with Crippen LogP contribution in [-0.4, -0.2) is 67.1 Å². The maximum Gasteiger partial charge on any atom is 0.252 e. The monoisotopic (exact) mass is 476 g/mol. The SMILES string of the molecule is CN=C(NCCNC(=O)c1cccnc1)NCCN(C(C)C)C(C)C.I. The van der Waals surface area contributed by atoms with Crippen LogP contribution >= 0.6 is 24.0 Å². The number of nitrogens with one attached hydrogen (secondary N) is 3. The van der Waals surface area contributed by atoms with E-state index in [-0.39, 0.29) is 29.9 Å². The molecule has 7 nitrogen and oxygen atoms in total. The van der Waals surface area contributed by atoms with Crippen molar-refractivity contribution in [1.82, 2.24) is 25.8 Å². The topological polar surface area (TPSA) is 81.6 Å². The molecule has 0 bridgehead atoms. The highest BCUT2D eigenvalue weighted by atomic mass is 127. The van der Waals surface area contributed by atoms with Gasteiger partial charge in [-0.25, -0.2) is 0 Å². The van der Waals surface area contributed by atoms with E-state index in [0.717, 1.165) is 19.0 Å². The fourth-order valence-corrected chi connectivity index (χ4v) is 2.59. The molecule has 0 aliphatic rings. The number of rotatable bonds is 9. The third kappa shape index (κ3) is 9.33. The molecule has 26 heavy (non-hydrogen) atoms. The molecule has 0 aliphatic heterocycles. The summed E-state index contributed by atoms with van der Waals surface area (Å²) >= 11 is 0. The Labute approximate surface area is 174 Å². The Bertz CT molecular complexity index is 528. The molecule has 0 fully saturated rings. The highest BCUT2D eigenvalue weighted by Gasteiger charge is 2.12. The van der Waals surface area contributed by atoms with Crippen LogP contribution in [0.5, 0.6) is 0 Å². The number of halogens is 1. The molecule has 3 N–H and O–H groups in total. The second-order valence-corrected chi connectivity index (χ2v) is 6.35. The predicted octanol–water partition coefficient (Wildman–Crippen LogP) is 1.71. The zero-order valence-electron chi connectivity index (χ0n) is 16.5. The van der Waals surface area contributed by atoms with Crippen molar-refractivity contribution in [3.8, 4) is 0 Å². The van der Waals surface area contributed by atoms with E-state index in [4.69, 9.17) is 0 Å². The highest BCUT2D eigenvalue weighted by Crippen LogP contribution is 2.03. The van der Waals surface area contributed by atoms with E-state index < -0.39 is 0 Å². The van der Waals surface area contributed by atoms with Crippen LogP contribution in [0.25, 0.3) is 0 Å². The highest BCUT2D eigenvalue weighted by molar-refractivity contribution is 14.0. The molecule has 1 amide bonds. The van der Waals surface area contributed by atoms with Gasteiger partial charge in [-0.1, -0.05) is 0 Å². The lowest BCUT2D eigenvalue weighted by Gasteiger charge is -2.30. The van der Waals surface area contributed by atoms with Crippen LogP contribution in [-0.2, 0) is 0 Å². The molecule has 148 valence electrons. The molecule has 8 heteroatoms. The van der Waals surface area contributed by atoms with Gasteiger partial charge >= 0.3 is 0 Å². The molecule has 0 aliphatic carbocycles. The van der Waals surface area contributed by atoms with E-state index in [1.54, 1.807) is 31.6 Å². The van der Waals surface area contributed by atoms with Crippen LogP contribution in [0.1, 0.15) is 38.1 Å². The average Bonchev–Trinajstić information content (AvgIpc) is 2.60. The summed E-state index contributed by atoms with van der Waals surface area (Å²) in [6, 6.07) is 4.51. The first-order valence-electron chi connectivity index (χ1n) is 8.84. The Kier molecular flexibility index (Phi) is 13.0. The number of pyridine rings is 1. The van der Waals surface area contributed by atoms with Crippen LogP contribution < -0.4 is 16.0 Å². The van der Waals surface area contributed by atoms with Crippen molar-refractivity contribution < 1.29 is 4.79 Å². The third-order valence-corrected chi connectivity index (χ3v) is 3.84. The maximum atomic E-state index is 11.9. The number of amides is 1. The minimum absolute atomic E-state index is 0. The summed E-state index contributed by atoms with van der Waals surface area (Å²) in [6.45, 7) is 11.7. The second-order valence-electron chi connectivity index (χ2n) is 6.35. The van der Waals surface area contributed by atoms with E-state index in [1.165, 1.54) is 0 Å². The van der Waals surface area contributed by atoms with Crippen molar-refractivity contribution in [2.75, 3.05) is 33.2 Å². The van der Waals surface area contributed by atoms with Crippen molar-refractivity contribution in [2.24, 2.45) is 4.99 Å². The molecule has 1 heterocycles. The number of hydrogen-bond acceptors (Lipinski definition) is 4. The maximum absolute atomic E-state index is 11.9. The van der Waals surface area contributed by atoms with E-state index in [2.05, 4.69) is 58.5 Å². The Morgan fingerprint density at radius 1 is 1.12 bits per heavy atom. The smallest absolute Gasteiger partial charge is 0.252 e. The van der Waals surface area contributed by atoms with Crippen molar-refractivity contribution >= 4 is 35.8 Å². The van der Waals surface area contributed by atoms with Gasteiger partial charge in [-0.3, -0.25) is 19.7 Å². The van der Waals surface area contributed by atoms with E-state index in [9.17, 15) is 4.79 Å². The summed E-state index contributed by atoms with van der Waals surface area (Å²) < 4.78 is 0. The van der Waals surface area contributed by atoms with Crippen LogP contribution in [0.3, 0.4) is 0 Å². The number of carbonyl (C=O) groups excluding carboxylic acids is 1. The molecule has 0 saturated heterocycles. The molecular formula is C18H33IN6O. The largest absolute Gasteiger partial charge is 0.355 e. The van der Waals surface area contributed by atoms with Gasteiger partial charge in [0, 0.05) is 57.7 Å². The number of aliphatic imine (C=N–C) groups is 1. The summed E-state index contributed by atoms with van der Waals surface area (Å²) in [5, 5.41) is 9.35. The van der Waals surface area contributed by atoms with E-state index >= 15 is 0 Å². The van der Waals surface area contributed by atoms with Gasteiger partial charge in [0.25, 0.3) is 5.91 Å². The van der Waals surface area contributed by atoms with Gasteiger partial charge in [-0.15, -0.1) is 24.0 Å². The molecule has 1 rings (SSSR count). The Morgan fingerprint density at radius 3 is 2.27 bits per heavy atom. The number of aromatic nitrogens is 1.